The van der Waals surface area contributed by atoms with Crippen LogP contribution >= 0.6 is 11.3 Å². The lowest BCUT2D eigenvalue weighted by Gasteiger charge is -2.31. The van der Waals surface area contributed by atoms with Crippen molar-refractivity contribution in [1.29, 1.82) is 0 Å². The van der Waals surface area contributed by atoms with Gasteiger partial charge in [0.25, 0.3) is 0 Å². The van der Waals surface area contributed by atoms with Gasteiger partial charge in [0.1, 0.15) is 6.10 Å². The van der Waals surface area contributed by atoms with Crippen molar-refractivity contribution >= 4 is 44.2 Å². The third-order valence-electron chi connectivity index (χ3n) is 7.45. The number of sulfonamides is 1. The molecule has 2 amide bonds. The molecule has 1 aliphatic heterocycles. The van der Waals surface area contributed by atoms with E-state index in [1.165, 1.54) is 17.4 Å². The van der Waals surface area contributed by atoms with Gasteiger partial charge in [-0.25, -0.2) is 22.9 Å². The van der Waals surface area contributed by atoms with Crippen LogP contribution in [-0.2, 0) is 26.1 Å². The van der Waals surface area contributed by atoms with Gasteiger partial charge in [-0.1, -0.05) is 74.4 Å². The molecule has 0 unspecified atom stereocenters. The van der Waals surface area contributed by atoms with Crippen LogP contribution in [0.3, 0.4) is 0 Å². The molecule has 0 atom stereocenters. The highest BCUT2D eigenvalue weighted by Gasteiger charge is 2.28. The maximum atomic E-state index is 13.6. The number of piperidine rings is 1. The highest BCUT2D eigenvalue weighted by molar-refractivity contribution is 7.89. The van der Waals surface area contributed by atoms with E-state index in [4.69, 9.17) is 4.74 Å². The van der Waals surface area contributed by atoms with Crippen molar-refractivity contribution in [3.8, 4) is 10.4 Å². The van der Waals surface area contributed by atoms with Crippen molar-refractivity contribution < 1.29 is 22.7 Å². The molecule has 12 heteroatoms. The fourth-order valence-electron chi connectivity index (χ4n) is 5.20. The minimum atomic E-state index is -3.96. The number of benzene rings is 2. The summed E-state index contributed by atoms with van der Waals surface area (Å²) in [5.41, 5.74) is 1.08. The van der Waals surface area contributed by atoms with Gasteiger partial charge >= 0.3 is 12.0 Å². The molecule has 3 aromatic rings. The highest BCUT2D eigenvalue weighted by atomic mass is 32.2. The summed E-state index contributed by atoms with van der Waals surface area (Å²) in [5.74, 6) is 0.519. The van der Waals surface area contributed by atoms with Gasteiger partial charge < -0.3 is 20.3 Å². The molecule has 10 nitrogen and oxygen atoms in total. The zero-order chi connectivity index (χ0) is 33.3. The minimum Gasteiger partial charge on any atom is -0.462 e. The van der Waals surface area contributed by atoms with E-state index in [-0.39, 0.29) is 17.0 Å². The fourth-order valence-corrected chi connectivity index (χ4v) is 7.94. The number of amides is 2. The molecule has 0 spiro atoms. The van der Waals surface area contributed by atoms with Gasteiger partial charge in [-0.05, 0) is 50.8 Å². The quantitative estimate of drug-likeness (QED) is 0.133. The predicted octanol–water partition coefficient (Wildman–Crippen LogP) is 6.94. The van der Waals surface area contributed by atoms with Gasteiger partial charge in [0.2, 0.25) is 10.0 Å². The Morgan fingerprint density at radius 3 is 2.46 bits per heavy atom. The van der Waals surface area contributed by atoms with Gasteiger partial charge in [-0.15, -0.1) is 0 Å². The number of carbonyl (C=O) groups excluding carboxylic acids is 2. The second-order valence-electron chi connectivity index (χ2n) is 13.2. The third kappa shape index (κ3) is 10.8. The van der Waals surface area contributed by atoms with Crippen LogP contribution in [0.4, 0.5) is 15.6 Å². The first kappa shape index (κ1) is 35.4. The molecule has 0 saturated carbocycles. The Hall–Kier alpha value is -3.48. The summed E-state index contributed by atoms with van der Waals surface area (Å²) in [4.78, 5) is 32.5. The van der Waals surface area contributed by atoms with Crippen LogP contribution < -0.4 is 20.3 Å². The smallest absolute Gasteiger partial charge is 0.319 e. The largest absolute Gasteiger partial charge is 0.462 e. The number of ether oxygens (including phenoxy) is 1. The minimum absolute atomic E-state index is 0.0532. The first-order valence-electron chi connectivity index (χ1n) is 16.0. The maximum absolute atomic E-state index is 13.6. The number of hydrogen-bond acceptors (Lipinski definition) is 8. The first-order chi connectivity index (χ1) is 21.8. The molecule has 1 saturated heterocycles. The zero-order valence-electron chi connectivity index (χ0n) is 27.5. The maximum Gasteiger partial charge on any atom is 0.319 e. The van der Waals surface area contributed by atoms with Gasteiger partial charge in [0, 0.05) is 61.9 Å². The summed E-state index contributed by atoms with van der Waals surface area (Å²) in [6.45, 7) is 11.4. The molecule has 1 aromatic heterocycles. The first-order valence-corrected chi connectivity index (χ1v) is 18.3. The summed E-state index contributed by atoms with van der Waals surface area (Å²) >= 11 is 1.41. The van der Waals surface area contributed by atoms with E-state index in [9.17, 15) is 18.0 Å². The number of rotatable bonds is 13. The van der Waals surface area contributed by atoms with E-state index in [1.54, 1.807) is 39.1 Å². The predicted molar refractivity (Wildman–Crippen MR) is 185 cm³/mol. The van der Waals surface area contributed by atoms with Gasteiger partial charge in [0.05, 0.1) is 9.77 Å². The van der Waals surface area contributed by atoms with Crippen molar-refractivity contribution in [3.05, 3.63) is 60.3 Å². The summed E-state index contributed by atoms with van der Waals surface area (Å²) in [7, 11) is -3.96. The van der Waals surface area contributed by atoms with Crippen molar-refractivity contribution in [2.24, 2.45) is 5.92 Å². The lowest BCUT2D eigenvalue weighted by molar-refractivity contribution is -0.150. The molecule has 0 aliphatic carbocycles. The standard InChI is InChI=1S/C34H47N5O5S2/c1-24(2)11-9-10-14-31(40)44-27-17-19-39(20-18-27)33-36-23-29(45-33)28-16-15-26(21-30(28)46(42,43)38-34(3,4)5)37-32(41)35-22-25-12-7-6-8-13-25/h6-8,12-13,15-16,21,23-24,27,38H,9-11,14,17-20,22H2,1-5H3,(H2,35,37,41). The lowest BCUT2D eigenvalue weighted by Crippen LogP contribution is -2.40. The molecular formula is C34H47N5O5S2. The molecule has 1 aliphatic rings. The molecule has 2 heterocycles. The number of urea groups is 1. The molecular weight excluding hydrogens is 623 g/mol. The van der Waals surface area contributed by atoms with E-state index in [0.717, 1.165) is 30.0 Å². The fraction of sp³-hybridized carbons (Fsp3) is 0.500. The average Bonchev–Trinajstić information content (AvgIpc) is 3.48. The zero-order valence-corrected chi connectivity index (χ0v) is 29.1. The Morgan fingerprint density at radius 1 is 1.07 bits per heavy atom. The normalized spacial score (nSPS) is 14.3. The number of anilines is 2. The molecule has 3 N–H and O–H groups in total. The number of thiazole rings is 1. The van der Waals surface area contributed by atoms with Crippen LogP contribution in [-0.4, -0.2) is 50.1 Å². The number of hydrogen-bond donors (Lipinski definition) is 3. The highest BCUT2D eigenvalue weighted by Crippen LogP contribution is 2.37. The molecule has 0 bridgehead atoms. The average molecular weight is 670 g/mol. The Kier molecular flexibility index (Phi) is 12.2. The van der Waals surface area contributed by atoms with Gasteiger partial charge in [-0.2, -0.15) is 0 Å². The van der Waals surface area contributed by atoms with Gasteiger partial charge in [-0.3, -0.25) is 4.79 Å². The molecule has 1 fully saturated rings. The van der Waals surface area contributed by atoms with E-state index < -0.39 is 21.6 Å². The molecule has 46 heavy (non-hydrogen) atoms. The van der Waals surface area contributed by atoms with Crippen molar-refractivity contribution in [2.45, 2.75) is 96.2 Å². The van der Waals surface area contributed by atoms with Crippen LogP contribution in [0.5, 0.6) is 0 Å². The number of nitrogens with one attached hydrogen (secondary N) is 3. The monoisotopic (exact) mass is 669 g/mol. The van der Waals surface area contributed by atoms with E-state index in [0.29, 0.717) is 60.9 Å². The number of nitrogens with zero attached hydrogens (tertiary/aromatic N) is 2. The Balaban J connectivity index is 1.43. The Bertz CT molecular complexity index is 1560. The number of unbranched alkanes of at least 4 members (excludes halogenated alkanes) is 1. The third-order valence-corrected chi connectivity index (χ3v) is 10.3. The second-order valence-corrected chi connectivity index (χ2v) is 15.8. The van der Waals surface area contributed by atoms with Crippen LogP contribution in [0, 0.1) is 5.92 Å². The number of esters is 1. The van der Waals surface area contributed by atoms with Crippen molar-refractivity contribution in [2.75, 3.05) is 23.3 Å². The van der Waals surface area contributed by atoms with Crippen LogP contribution in [0.1, 0.15) is 78.7 Å². The number of aromatic nitrogens is 1. The summed E-state index contributed by atoms with van der Waals surface area (Å²) in [5, 5.41) is 6.34. The molecule has 250 valence electrons. The van der Waals surface area contributed by atoms with Crippen LogP contribution in [0.25, 0.3) is 10.4 Å². The van der Waals surface area contributed by atoms with E-state index in [2.05, 4.69) is 39.1 Å². The van der Waals surface area contributed by atoms with Crippen LogP contribution in [0.2, 0.25) is 0 Å². The Morgan fingerprint density at radius 2 is 1.78 bits per heavy atom. The van der Waals surface area contributed by atoms with E-state index >= 15 is 0 Å². The van der Waals surface area contributed by atoms with Crippen LogP contribution in [0.15, 0.2) is 59.6 Å². The van der Waals surface area contributed by atoms with E-state index in [1.807, 2.05) is 30.3 Å². The summed E-state index contributed by atoms with van der Waals surface area (Å²) in [6.07, 6.45) is 6.51. The molecule has 0 radical (unpaired) electrons. The molecule has 2 aromatic carbocycles. The molecule has 4 rings (SSSR count). The Labute approximate surface area is 277 Å². The summed E-state index contributed by atoms with van der Waals surface area (Å²) in [6, 6.07) is 14.0. The lowest BCUT2D eigenvalue weighted by atomic mass is 10.1. The topological polar surface area (TPSA) is 130 Å². The van der Waals surface area contributed by atoms with Gasteiger partial charge in [0.15, 0.2) is 5.13 Å². The SMILES string of the molecule is CC(C)CCCCC(=O)OC1CCN(c2ncc(-c3ccc(NC(=O)NCc4ccccc4)cc3S(=O)(=O)NC(C)(C)C)s2)CC1. The number of carbonyl (C=O) groups is 2. The second kappa shape index (κ2) is 15.9. The van der Waals surface area contributed by atoms with Crippen molar-refractivity contribution in [3.63, 3.8) is 0 Å². The summed E-state index contributed by atoms with van der Waals surface area (Å²) < 4.78 is 35.7. The van der Waals surface area contributed by atoms with Crippen molar-refractivity contribution in [1.82, 2.24) is 15.0 Å².